The highest BCUT2D eigenvalue weighted by molar-refractivity contribution is 7.93. The van der Waals surface area contributed by atoms with Crippen molar-refractivity contribution in [1.82, 2.24) is 0 Å². The van der Waals surface area contributed by atoms with E-state index >= 15 is 0 Å². The van der Waals surface area contributed by atoms with Crippen LogP contribution in [0.5, 0.6) is 0 Å². The lowest BCUT2D eigenvalue weighted by Crippen LogP contribution is -2.17. The summed E-state index contributed by atoms with van der Waals surface area (Å²) in [6.45, 7) is 0. The molecule has 2 N–H and O–H groups in total. The molecule has 0 spiro atoms. The van der Waals surface area contributed by atoms with Crippen LogP contribution in [0.1, 0.15) is 5.56 Å². The van der Waals surface area contributed by atoms with E-state index < -0.39 is 20.0 Å². The van der Waals surface area contributed by atoms with Gasteiger partial charge in [0, 0.05) is 0 Å². The van der Waals surface area contributed by atoms with Crippen LogP contribution in [0.25, 0.3) is 0 Å². The van der Waals surface area contributed by atoms with E-state index in [0.717, 1.165) is 34.8 Å². The Morgan fingerprint density at radius 2 is 1.23 bits per heavy atom. The predicted octanol–water partition coefficient (Wildman–Crippen LogP) is 5.90. The van der Waals surface area contributed by atoms with Crippen LogP contribution in [0.15, 0.2) is 40.1 Å². The molecule has 3 aromatic rings. The normalized spacial score (nSPS) is 11.8. The SMILES string of the molecule is N#Cc1ccc(NS(=O)(=O)c2cc(Cl)sc2Cl)c(NS(=O)(=O)c2cc(Cl)sc2Cl)c1. The third-order valence-electron chi connectivity index (χ3n) is 3.47. The zero-order valence-corrected chi connectivity index (χ0v) is 20.4. The maximum atomic E-state index is 12.7. The van der Waals surface area contributed by atoms with Crippen molar-refractivity contribution in [3.8, 4) is 6.07 Å². The third-order valence-corrected chi connectivity index (χ3v) is 9.70. The molecule has 0 atom stereocenters. The molecule has 15 heteroatoms. The molecule has 0 saturated carbocycles. The largest absolute Gasteiger partial charge is 0.277 e. The highest BCUT2D eigenvalue weighted by Gasteiger charge is 2.25. The topological polar surface area (TPSA) is 116 Å². The van der Waals surface area contributed by atoms with Crippen molar-refractivity contribution >= 4 is 100 Å². The second-order valence-corrected chi connectivity index (χ2v) is 13.3. The first-order chi connectivity index (χ1) is 13.9. The Balaban J connectivity index is 2.04. The van der Waals surface area contributed by atoms with E-state index in [9.17, 15) is 16.8 Å². The molecule has 0 fully saturated rings. The Morgan fingerprint density at radius 1 is 0.767 bits per heavy atom. The summed E-state index contributed by atoms with van der Waals surface area (Å²) in [5.74, 6) is 0. The van der Waals surface area contributed by atoms with Crippen LogP contribution in [-0.2, 0) is 20.0 Å². The molecule has 2 heterocycles. The van der Waals surface area contributed by atoms with Crippen molar-refractivity contribution in [3.05, 3.63) is 53.2 Å². The number of sulfonamides is 2. The molecule has 0 bridgehead atoms. The van der Waals surface area contributed by atoms with Crippen LogP contribution in [0.2, 0.25) is 17.3 Å². The minimum atomic E-state index is -4.24. The smallest absolute Gasteiger partial charge is 0.264 e. The van der Waals surface area contributed by atoms with Gasteiger partial charge in [-0.15, -0.1) is 22.7 Å². The van der Waals surface area contributed by atoms with E-state index in [1.807, 2.05) is 6.07 Å². The molecule has 30 heavy (non-hydrogen) atoms. The van der Waals surface area contributed by atoms with Crippen molar-refractivity contribution in [2.45, 2.75) is 9.79 Å². The average Bonchev–Trinajstić information content (AvgIpc) is 3.17. The molecule has 158 valence electrons. The fraction of sp³-hybridized carbons (Fsp3) is 0. The second kappa shape index (κ2) is 8.72. The standard InChI is InChI=1S/C15H7Cl4N3O4S4/c16-12-4-10(14(18)27-12)29(23,24)21-8-2-1-7(6-20)3-9(8)22-30(25,26)11-5-13(17)28-15(11)19/h1-5,21-22H. The van der Waals surface area contributed by atoms with Gasteiger partial charge in [-0.25, -0.2) is 16.8 Å². The summed E-state index contributed by atoms with van der Waals surface area (Å²) in [5.41, 5.74) is -0.261. The molecule has 0 unspecified atom stereocenters. The lowest BCUT2D eigenvalue weighted by atomic mass is 10.2. The van der Waals surface area contributed by atoms with Gasteiger partial charge in [0.15, 0.2) is 0 Å². The highest BCUT2D eigenvalue weighted by Crippen LogP contribution is 2.38. The van der Waals surface area contributed by atoms with Gasteiger partial charge in [-0.2, -0.15) is 5.26 Å². The van der Waals surface area contributed by atoms with E-state index in [1.54, 1.807) is 0 Å². The summed E-state index contributed by atoms with van der Waals surface area (Å²) in [6, 6.07) is 7.88. The van der Waals surface area contributed by atoms with Gasteiger partial charge in [-0.05, 0) is 30.3 Å². The summed E-state index contributed by atoms with van der Waals surface area (Å²) >= 11 is 25.2. The monoisotopic (exact) mass is 561 g/mol. The first kappa shape index (κ1) is 23.4. The van der Waals surface area contributed by atoms with Crippen LogP contribution < -0.4 is 9.44 Å². The van der Waals surface area contributed by atoms with E-state index in [-0.39, 0.29) is 44.1 Å². The van der Waals surface area contributed by atoms with Crippen LogP contribution in [0, 0.1) is 11.3 Å². The van der Waals surface area contributed by atoms with Crippen molar-refractivity contribution in [3.63, 3.8) is 0 Å². The van der Waals surface area contributed by atoms with Gasteiger partial charge in [0.1, 0.15) is 18.5 Å². The number of halogens is 4. The predicted molar refractivity (Wildman–Crippen MR) is 121 cm³/mol. The minimum Gasteiger partial charge on any atom is -0.277 e. The van der Waals surface area contributed by atoms with Crippen molar-refractivity contribution in [2.75, 3.05) is 9.44 Å². The first-order valence-electron chi connectivity index (χ1n) is 7.42. The maximum absolute atomic E-state index is 12.7. The third kappa shape index (κ3) is 4.98. The van der Waals surface area contributed by atoms with Crippen LogP contribution in [0.3, 0.4) is 0 Å². The average molecular weight is 563 g/mol. The number of rotatable bonds is 6. The van der Waals surface area contributed by atoms with Crippen molar-refractivity contribution in [1.29, 1.82) is 5.26 Å². The lowest BCUT2D eigenvalue weighted by molar-refractivity contribution is 0.599. The van der Waals surface area contributed by atoms with Gasteiger partial charge < -0.3 is 0 Å². The second-order valence-electron chi connectivity index (χ2n) is 5.46. The molecule has 7 nitrogen and oxygen atoms in total. The summed E-state index contributed by atoms with van der Waals surface area (Å²) in [7, 11) is -8.45. The first-order valence-corrected chi connectivity index (χ1v) is 13.5. The van der Waals surface area contributed by atoms with E-state index in [0.29, 0.717) is 0 Å². The molecule has 2 aromatic heterocycles. The van der Waals surface area contributed by atoms with Gasteiger partial charge >= 0.3 is 0 Å². The molecule has 0 aliphatic heterocycles. The Kier molecular flexibility index (Phi) is 6.81. The summed E-state index contributed by atoms with van der Waals surface area (Å²) in [6.07, 6.45) is 0. The number of hydrogen-bond donors (Lipinski definition) is 2. The zero-order chi connectivity index (χ0) is 22.3. The van der Waals surface area contributed by atoms with Crippen LogP contribution in [-0.4, -0.2) is 16.8 Å². The van der Waals surface area contributed by atoms with E-state index in [4.69, 9.17) is 51.7 Å². The van der Waals surface area contributed by atoms with E-state index in [1.165, 1.54) is 18.2 Å². The van der Waals surface area contributed by atoms with Gasteiger partial charge in [-0.3, -0.25) is 9.44 Å². The highest BCUT2D eigenvalue weighted by atomic mass is 35.5. The quantitative estimate of drug-likeness (QED) is 0.388. The summed E-state index contributed by atoms with van der Waals surface area (Å²) in [5, 5.41) is 9.13. The van der Waals surface area contributed by atoms with Crippen LogP contribution in [0.4, 0.5) is 11.4 Å². The van der Waals surface area contributed by atoms with Gasteiger partial charge in [-0.1, -0.05) is 46.4 Å². The Morgan fingerprint density at radius 3 is 1.63 bits per heavy atom. The molecule has 3 rings (SSSR count). The van der Waals surface area contributed by atoms with Crippen molar-refractivity contribution in [2.24, 2.45) is 0 Å². The molecular weight excluding hydrogens is 556 g/mol. The number of benzene rings is 1. The lowest BCUT2D eigenvalue weighted by Gasteiger charge is -2.14. The molecule has 0 aliphatic carbocycles. The number of thiophene rings is 2. The fourth-order valence-electron chi connectivity index (χ4n) is 2.20. The molecular formula is C15H7Cl4N3O4S4. The number of hydrogen-bond acceptors (Lipinski definition) is 7. The van der Waals surface area contributed by atoms with Gasteiger partial charge in [0.25, 0.3) is 20.0 Å². The Labute approximate surface area is 199 Å². The van der Waals surface area contributed by atoms with Gasteiger partial charge in [0.05, 0.1) is 31.7 Å². The van der Waals surface area contributed by atoms with Crippen LogP contribution >= 0.6 is 69.1 Å². The Hall–Kier alpha value is -1.23. The Bertz CT molecular complexity index is 1390. The molecule has 0 aliphatic rings. The zero-order valence-electron chi connectivity index (χ0n) is 14.1. The van der Waals surface area contributed by atoms with E-state index in [2.05, 4.69) is 9.44 Å². The minimum absolute atomic E-state index is 0.0667. The number of nitriles is 1. The van der Waals surface area contributed by atoms with Crippen molar-refractivity contribution < 1.29 is 16.8 Å². The number of nitrogens with zero attached hydrogens (tertiary/aromatic N) is 1. The fourth-order valence-corrected chi connectivity index (χ4v) is 8.66. The maximum Gasteiger partial charge on any atom is 0.264 e. The summed E-state index contributed by atoms with van der Waals surface area (Å²) < 4.78 is 55.5. The van der Waals surface area contributed by atoms with Gasteiger partial charge in [0.2, 0.25) is 0 Å². The number of nitrogens with one attached hydrogen (secondary N) is 2. The molecule has 0 amide bonds. The summed E-state index contributed by atoms with van der Waals surface area (Å²) in [4.78, 5) is -0.562. The molecule has 1 aromatic carbocycles. The molecule has 0 radical (unpaired) electrons. The molecule has 0 saturated heterocycles. The number of anilines is 2.